The van der Waals surface area contributed by atoms with Crippen molar-refractivity contribution in [2.45, 2.75) is 26.2 Å². The number of ether oxygens (including phenoxy) is 1. The van der Waals surface area contributed by atoms with Crippen molar-refractivity contribution in [3.05, 3.63) is 40.4 Å². The van der Waals surface area contributed by atoms with Crippen molar-refractivity contribution < 1.29 is 24.5 Å². The molecule has 2 aromatic carbocycles. The summed E-state index contributed by atoms with van der Waals surface area (Å²) in [5.41, 5.74) is 1.35. The molecule has 1 amide bonds. The topological polar surface area (TPSA) is 95.9 Å². The zero-order valence-corrected chi connectivity index (χ0v) is 15.8. The number of carboxylic acids is 1. The van der Waals surface area contributed by atoms with Crippen molar-refractivity contribution in [1.29, 1.82) is 0 Å². The second-order valence-corrected chi connectivity index (χ2v) is 6.83. The van der Waals surface area contributed by atoms with E-state index in [1.165, 1.54) is 6.07 Å². The number of rotatable bonds is 6. The molecule has 3 N–H and O–H groups in total. The van der Waals surface area contributed by atoms with Crippen LogP contribution in [0.1, 0.15) is 31.7 Å². The van der Waals surface area contributed by atoms with Gasteiger partial charge in [-0.15, -0.1) is 0 Å². The summed E-state index contributed by atoms with van der Waals surface area (Å²) in [5.74, 6) is -0.717. The zero-order valence-electron chi connectivity index (χ0n) is 14.2. The van der Waals surface area contributed by atoms with Gasteiger partial charge in [0.2, 0.25) is 5.91 Å². The largest absolute Gasteiger partial charge is 0.508 e. The van der Waals surface area contributed by atoms with Crippen LogP contribution in [-0.2, 0) is 9.59 Å². The molecule has 6 nitrogen and oxygen atoms in total. The minimum atomic E-state index is -1.22. The maximum Gasteiger partial charge on any atom is 0.312 e. The summed E-state index contributed by atoms with van der Waals surface area (Å²) < 4.78 is 6.31. The predicted octanol–water partition coefficient (Wildman–Crippen LogP) is 3.28. The quantitative estimate of drug-likeness (QED) is 0.495. The van der Waals surface area contributed by atoms with Crippen LogP contribution in [0.15, 0.2) is 34.8 Å². The van der Waals surface area contributed by atoms with Crippen LogP contribution in [-0.4, -0.2) is 29.9 Å². The van der Waals surface area contributed by atoms with Gasteiger partial charge >= 0.3 is 5.97 Å². The molecule has 2 radical (unpaired) electrons. The highest BCUT2D eigenvalue weighted by Gasteiger charge is 2.14. The van der Waals surface area contributed by atoms with Crippen LogP contribution in [0.4, 0.5) is 5.69 Å². The molecule has 0 spiro atoms. The van der Waals surface area contributed by atoms with Gasteiger partial charge < -0.3 is 20.3 Å². The van der Waals surface area contributed by atoms with Crippen molar-refractivity contribution >= 4 is 46.8 Å². The monoisotopic (exact) mass is 417 g/mol. The smallest absolute Gasteiger partial charge is 0.312 e. The maximum atomic E-state index is 11.6. The normalized spacial score (nSPS) is 10.6. The number of carbonyl (C=O) groups excluding carboxylic acids is 1. The highest BCUT2D eigenvalue weighted by atomic mass is 79.9. The number of aliphatic carboxylic acids is 1. The minimum absolute atomic E-state index is 0.117. The summed E-state index contributed by atoms with van der Waals surface area (Å²) in [6, 6.07) is 7.94. The molecule has 0 saturated carbocycles. The summed E-state index contributed by atoms with van der Waals surface area (Å²) in [6.07, 6.45) is -0.638. The number of amides is 1. The second-order valence-electron chi connectivity index (χ2n) is 5.97. The van der Waals surface area contributed by atoms with Gasteiger partial charge in [-0.3, -0.25) is 9.59 Å². The van der Waals surface area contributed by atoms with Gasteiger partial charge in [-0.25, -0.2) is 0 Å². The molecule has 0 aliphatic carbocycles. The third-order valence-electron chi connectivity index (χ3n) is 3.51. The first-order chi connectivity index (χ1) is 12.2. The lowest BCUT2D eigenvalue weighted by Gasteiger charge is -2.15. The van der Waals surface area contributed by atoms with Gasteiger partial charge in [-0.05, 0) is 52.2 Å². The molecule has 0 heterocycles. The van der Waals surface area contributed by atoms with E-state index in [0.29, 0.717) is 21.7 Å². The van der Waals surface area contributed by atoms with E-state index in [2.05, 4.69) is 21.2 Å². The SMILES string of the molecule is [B]c1cc(NC(=O)CC(=O)O)cc(Br)c1Oc1ccc(O)c(C(C)C)c1. The first kappa shape index (κ1) is 19.8. The Morgan fingerprint density at radius 1 is 1.27 bits per heavy atom. The molecule has 0 atom stereocenters. The van der Waals surface area contributed by atoms with Gasteiger partial charge in [0.1, 0.15) is 31.5 Å². The van der Waals surface area contributed by atoms with Gasteiger partial charge in [-0.2, -0.15) is 0 Å². The maximum absolute atomic E-state index is 11.6. The number of carbonyl (C=O) groups is 2. The van der Waals surface area contributed by atoms with Crippen molar-refractivity contribution in [1.82, 2.24) is 0 Å². The van der Waals surface area contributed by atoms with Crippen LogP contribution >= 0.6 is 15.9 Å². The van der Waals surface area contributed by atoms with Gasteiger partial charge in [0, 0.05) is 11.3 Å². The lowest BCUT2D eigenvalue weighted by atomic mass is 9.94. The Balaban J connectivity index is 2.25. The van der Waals surface area contributed by atoms with E-state index in [-0.39, 0.29) is 17.1 Å². The molecule has 0 fully saturated rings. The molecule has 0 aliphatic rings. The fraction of sp³-hybridized carbons (Fsp3) is 0.222. The van der Waals surface area contributed by atoms with Crippen LogP contribution in [0.5, 0.6) is 17.2 Å². The number of aromatic hydroxyl groups is 1. The number of hydrogen-bond acceptors (Lipinski definition) is 4. The molecule has 0 aliphatic heterocycles. The van der Waals surface area contributed by atoms with Crippen molar-refractivity contribution in [3.63, 3.8) is 0 Å². The Hall–Kier alpha value is -2.48. The highest BCUT2D eigenvalue weighted by molar-refractivity contribution is 9.10. The van der Waals surface area contributed by atoms with E-state index in [4.69, 9.17) is 17.7 Å². The summed E-state index contributed by atoms with van der Waals surface area (Å²) in [5, 5.41) is 21.0. The molecule has 2 aromatic rings. The predicted molar refractivity (Wildman–Crippen MR) is 103 cm³/mol. The average molecular weight is 418 g/mol. The number of carboxylic acid groups (broad SMARTS) is 1. The number of anilines is 1. The Morgan fingerprint density at radius 3 is 2.54 bits per heavy atom. The lowest BCUT2D eigenvalue weighted by molar-refractivity contribution is -0.139. The van der Waals surface area contributed by atoms with E-state index in [1.807, 2.05) is 13.8 Å². The number of phenolic OH excluding ortho intramolecular Hbond substituents is 1. The van der Waals surface area contributed by atoms with Crippen LogP contribution in [0, 0.1) is 0 Å². The minimum Gasteiger partial charge on any atom is -0.508 e. The van der Waals surface area contributed by atoms with E-state index in [1.54, 1.807) is 24.3 Å². The molecular formula is C18H17BBrNO5. The Labute approximate surface area is 160 Å². The summed E-state index contributed by atoms with van der Waals surface area (Å²) in [4.78, 5) is 22.1. The fourth-order valence-corrected chi connectivity index (χ4v) is 2.87. The van der Waals surface area contributed by atoms with Crippen LogP contribution < -0.4 is 15.5 Å². The fourth-order valence-electron chi connectivity index (χ4n) is 2.31. The zero-order chi connectivity index (χ0) is 19.4. The number of phenols is 1. The summed E-state index contributed by atoms with van der Waals surface area (Å²) >= 11 is 3.34. The summed E-state index contributed by atoms with van der Waals surface area (Å²) in [7, 11) is 6.00. The first-order valence-electron chi connectivity index (χ1n) is 7.78. The van der Waals surface area contributed by atoms with Crippen LogP contribution in [0.25, 0.3) is 0 Å². The van der Waals surface area contributed by atoms with E-state index >= 15 is 0 Å². The lowest BCUT2D eigenvalue weighted by Crippen LogP contribution is -2.17. The Morgan fingerprint density at radius 2 is 1.96 bits per heavy atom. The number of halogens is 1. The first-order valence-corrected chi connectivity index (χ1v) is 8.58. The van der Waals surface area contributed by atoms with E-state index < -0.39 is 18.3 Å². The highest BCUT2D eigenvalue weighted by Crippen LogP contribution is 2.34. The Bertz CT molecular complexity index is 830. The molecule has 0 unspecified atom stereocenters. The van der Waals surface area contributed by atoms with Crippen molar-refractivity contribution in [3.8, 4) is 17.2 Å². The van der Waals surface area contributed by atoms with Crippen LogP contribution in [0.3, 0.4) is 0 Å². The third-order valence-corrected chi connectivity index (χ3v) is 4.10. The number of hydrogen-bond donors (Lipinski definition) is 3. The molecule has 134 valence electrons. The molecule has 26 heavy (non-hydrogen) atoms. The van der Waals surface area contributed by atoms with E-state index in [9.17, 15) is 14.7 Å². The molecular weight excluding hydrogens is 401 g/mol. The van der Waals surface area contributed by atoms with Gasteiger partial charge in [0.05, 0.1) is 4.47 Å². The average Bonchev–Trinajstić information content (AvgIpc) is 2.51. The second kappa shape index (κ2) is 8.27. The molecule has 0 aromatic heterocycles. The summed E-state index contributed by atoms with van der Waals surface area (Å²) in [6.45, 7) is 3.91. The van der Waals surface area contributed by atoms with Gasteiger partial charge in [-0.1, -0.05) is 19.3 Å². The molecule has 0 saturated heterocycles. The van der Waals surface area contributed by atoms with Gasteiger partial charge in [0.25, 0.3) is 0 Å². The number of nitrogens with one attached hydrogen (secondary N) is 1. The molecule has 0 bridgehead atoms. The van der Waals surface area contributed by atoms with E-state index in [0.717, 1.165) is 5.56 Å². The van der Waals surface area contributed by atoms with Gasteiger partial charge in [0.15, 0.2) is 0 Å². The van der Waals surface area contributed by atoms with Crippen molar-refractivity contribution in [2.75, 3.05) is 5.32 Å². The van der Waals surface area contributed by atoms with Crippen molar-refractivity contribution in [2.24, 2.45) is 0 Å². The number of benzene rings is 2. The Kier molecular flexibility index (Phi) is 6.31. The standard InChI is InChI=1S/C18H17BBrNO5/c1-9(2)12-7-11(3-4-15(12)22)26-18-13(19)5-10(6-14(18)20)21-16(23)8-17(24)25/h3-7,9,22H,8H2,1-2H3,(H,21,23)(H,24,25). The third kappa shape index (κ3) is 5.01. The molecule has 8 heteroatoms. The van der Waals surface area contributed by atoms with Crippen LogP contribution in [0.2, 0.25) is 0 Å². The molecule has 2 rings (SSSR count).